The lowest BCUT2D eigenvalue weighted by Gasteiger charge is -2.20. The van der Waals surface area contributed by atoms with Crippen LogP contribution >= 0.6 is 0 Å². The monoisotopic (exact) mass is 284 g/mol. The van der Waals surface area contributed by atoms with Crippen molar-refractivity contribution in [2.45, 2.75) is 26.4 Å². The van der Waals surface area contributed by atoms with Gasteiger partial charge in [-0.1, -0.05) is 44.2 Å². The molecule has 5 heteroatoms. The fourth-order valence-electron chi connectivity index (χ4n) is 1.90. The van der Waals surface area contributed by atoms with Crippen molar-refractivity contribution in [1.82, 2.24) is 20.3 Å². The first kappa shape index (κ1) is 15.0. The Kier molecular flexibility index (Phi) is 5.26. The molecule has 0 unspecified atom stereocenters. The van der Waals surface area contributed by atoms with E-state index < -0.39 is 0 Å². The van der Waals surface area contributed by atoms with Crippen molar-refractivity contribution >= 4 is 12.0 Å². The maximum Gasteiger partial charge on any atom is 0.244 e. The number of carbonyl (C=O) groups is 1. The van der Waals surface area contributed by atoms with Gasteiger partial charge in [-0.15, -0.1) is 0 Å². The maximum absolute atomic E-state index is 12.0. The van der Waals surface area contributed by atoms with Crippen LogP contribution in [-0.2, 0) is 11.3 Å². The highest BCUT2D eigenvalue weighted by Gasteiger charge is 2.16. The summed E-state index contributed by atoms with van der Waals surface area (Å²) < 4.78 is 0. The fraction of sp³-hybridized carbons (Fsp3) is 0.312. The van der Waals surface area contributed by atoms with Crippen LogP contribution in [0.4, 0.5) is 0 Å². The number of hydrogen-bond donors (Lipinski definition) is 1. The summed E-state index contributed by atoms with van der Waals surface area (Å²) in [6.07, 6.45) is 6.63. The van der Waals surface area contributed by atoms with Gasteiger partial charge in [0.2, 0.25) is 5.91 Å². The fourth-order valence-corrected chi connectivity index (χ4v) is 1.90. The summed E-state index contributed by atoms with van der Waals surface area (Å²) in [7, 11) is 0. The van der Waals surface area contributed by atoms with Crippen LogP contribution in [0.3, 0.4) is 0 Å². The number of rotatable bonds is 6. The van der Waals surface area contributed by atoms with Crippen molar-refractivity contribution in [3.8, 4) is 0 Å². The quantitative estimate of drug-likeness (QED) is 0.827. The smallest absolute Gasteiger partial charge is 0.244 e. The molecule has 0 spiro atoms. The average Bonchev–Trinajstić information content (AvgIpc) is 2.98. The lowest BCUT2D eigenvalue weighted by atomic mass is 10.0. The van der Waals surface area contributed by atoms with Crippen LogP contribution < -0.4 is 5.32 Å². The number of carbonyl (C=O) groups excluding carboxylic acids is 1. The summed E-state index contributed by atoms with van der Waals surface area (Å²) in [5, 5.41) is 11.1. The van der Waals surface area contributed by atoms with Gasteiger partial charge in [-0.3, -0.25) is 4.79 Å². The van der Waals surface area contributed by atoms with Gasteiger partial charge in [0.05, 0.1) is 25.0 Å². The Labute approximate surface area is 124 Å². The van der Waals surface area contributed by atoms with Crippen molar-refractivity contribution in [2.24, 2.45) is 5.92 Å². The van der Waals surface area contributed by atoms with Gasteiger partial charge in [0.1, 0.15) is 0 Å². The molecule has 0 radical (unpaired) electrons. The molecule has 2 aromatic rings. The van der Waals surface area contributed by atoms with Crippen molar-refractivity contribution in [2.75, 3.05) is 0 Å². The molecule has 1 amide bonds. The summed E-state index contributed by atoms with van der Waals surface area (Å²) in [6.45, 7) is 4.69. The van der Waals surface area contributed by atoms with E-state index in [4.69, 9.17) is 0 Å². The molecule has 0 aliphatic heterocycles. The summed E-state index contributed by atoms with van der Waals surface area (Å²) in [5.41, 5.74) is 1.00. The van der Waals surface area contributed by atoms with Gasteiger partial charge in [-0.05, 0) is 17.6 Å². The first-order chi connectivity index (χ1) is 10.1. The summed E-state index contributed by atoms with van der Waals surface area (Å²) in [5.74, 6) is 0.190. The molecule has 21 heavy (non-hydrogen) atoms. The number of aromatic nitrogens is 3. The molecule has 1 heterocycles. The van der Waals surface area contributed by atoms with Crippen molar-refractivity contribution in [1.29, 1.82) is 0 Å². The van der Waals surface area contributed by atoms with Crippen LogP contribution in [0.5, 0.6) is 0 Å². The van der Waals surface area contributed by atoms with E-state index in [1.54, 1.807) is 29.3 Å². The molecule has 2 rings (SSSR count). The van der Waals surface area contributed by atoms with Crippen LogP contribution in [0.1, 0.15) is 19.4 Å². The Morgan fingerprint density at radius 2 is 1.90 bits per heavy atom. The maximum atomic E-state index is 12.0. The Bertz CT molecular complexity index is 576. The van der Waals surface area contributed by atoms with E-state index in [9.17, 15) is 4.79 Å². The second kappa shape index (κ2) is 7.38. The predicted octanol–water partition coefficient (Wildman–Crippen LogP) is 2.13. The van der Waals surface area contributed by atoms with E-state index in [0.717, 1.165) is 5.56 Å². The Morgan fingerprint density at radius 1 is 1.24 bits per heavy atom. The average molecular weight is 284 g/mol. The highest BCUT2D eigenvalue weighted by molar-refractivity contribution is 5.91. The molecule has 1 aromatic carbocycles. The van der Waals surface area contributed by atoms with E-state index in [-0.39, 0.29) is 11.9 Å². The number of benzene rings is 1. The molecule has 1 atom stereocenters. The Balaban J connectivity index is 1.93. The highest BCUT2D eigenvalue weighted by Crippen LogP contribution is 2.05. The molecule has 5 nitrogen and oxygen atoms in total. The minimum absolute atomic E-state index is 0.00896. The standard InChI is InChI=1S/C16H20N4O/c1-13(2)15(12-20-17-10-11-18-20)19-16(21)9-8-14-6-4-3-5-7-14/h3-11,13,15H,12H2,1-2H3,(H,19,21)/b9-8+/t15-/m1/s1. The molecule has 1 aromatic heterocycles. The van der Waals surface area contributed by atoms with Crippen LogP contribution in [0.2, 0.25) is 0 Å². The van der Waals surface area contributed by atoms with E-state index in [1.807, 2.05) is 30.3 Å². The van der Waals surface area contributed by atoms with Crippen molar-refractivity contribution in [3.63, 3.8) is 0 Å². The predicted molar refractivity (Wildman–Crippen MR) is 82.3 cm³/mol. The molecule has 0 saturated carbocycles. The normalized spacial score (nSPS) is 12.7. The number of amides is 1. The number of nitrogens with zero attached hydrogens (tertiary/aromatic N) is 3. The van der Waals surface area contributed by atoms with Gasteiger partial charge in [-0.2, -0.15) is 15.0 Å². The van der Waals surface area contributed by atoms with Crippen LogP contribution in [0.25, 0.3) is 6.08 Å². The van der Waals surface area contributed by atoms with E-state index in [1.165, 1.54) is 0 Å². The number of nitrogens with one attached hydrogen (secondary N) is 1. The van der Waals surface area contributed by atoms with Gasteiger partial charge in [0.15, 0.2) is 0 Å². The minimum atomic E-state index is -0.107. The Hall–Kier alpha value is -2.43. The lowest BCUT2D eigenvalue weighted by molar-refractivity contribution is -0.117. The Morgan fingerprint density at radius 3 is 2.52 bits per heavy atom. The van der Waals surface area contributed by atoms with Crippen LogP contribution in [0.15, 0.2) is 48.8 Å². The van der Waals surface area contributed by atoms with Crippen LogP contribution in [0, 0.1) is 5.92 Å². The topological polar surface area (TPSA) is 59.8 Å². The second-order valence-corrected chi connectivity index (χ2v) is 5.19. The zero-order chi connectivity index (χ0) is 15.1. The summed E-state index contributed by atoms with van der Waals surface area (Å²) in [4.78, 5) is 13.6. The van der Waals surface area contributed by atoms with Gasteiger partial charge < -0.3 is 5.32 Å². The molecule has 0 saturated heterocycles. The van der Waals surface area contributed by atoms with Crippen molar-refractivity contribution in [3.05, 3.63) is 54.4 Å². The first-order valence-corrected chi connectivity index (χ1v) is 7.03. The minimum Gasteiger partial charge on any atom is -0.348 e. The van der Waals surface area contributed by atoms with Crippen LogP contribution in [-0.4, -0.2) is 26.9 Å². The summed E-state index contributed by atoms with van der Waals surface area (Å²) >= 11 is 0. The van der Waals surface area contributed by atoms with E-state index in [0.29, 0.717) is 12.5 Å². The van der Waals surface area contributed by atoms with Gasteiger partial charge in [0, 0.05) is 6.08 Å². The first-order valence-electron chi connectivity index (χ1n) is 7.03. The molecule has 0 aliphatic carbocycles. The summed E-state index contributed by atoms with van der Waals surface area (Å²) in [6, 6.07) is 9.73. The van der Waals surface area contributed by atoms with Gasteiger partial charge >= 0.3 is 0 Å². The van der Waals surface area contributed by atoms with Crippen molar-refractivity contribution < 1.29 is 4.79 Å². The molecule has 0 bridgehead atoms. The SMILES string of the molecule is CC(C)[C@@H](Cn1nccn1)NC(=O)/C=C/c1ccccc1. The largest absolute Gasteiger partial charge is 0.348 e. The molecular weight excluding hydrogens is 264 g/mol. The third-order valence-electron chi connectivity index (χ3n) is 3.19. The lowest BCUT2D eigenvalue weighted by Crippen LogP contribution is -2.41. The third kappa shape index (κ3) is 4.87. The molecule has 110 valence electrons. The third-order valence-corrected chi connectivity index (χ3v) is 3.19. The molecular formula is C16H20N4O. The zero-order valence-corrected chi connectivity index (χ0v) is 12.3. The molecule has 0 fully saturated rings. The second-order valence-electron chi connectivity index (χ2n) is 5.19. The highest BCUT2D eigenvalue weighted by atomic mass is 16.1. The molecule has 1 N–H and O–H groups in total. The van der Waals surface area contributed by atoms with Gasteiger partial charge in [0.25, 0.3) is 0 Å². The number of hydrogen-bond acceptors (Lipinski definition) is 3. The van der Waals surface area contributed by atoms with E-state index in [2.05, 4.69) is 29.4 Å². The van der Waals surface area contributed by atoms with Gasteiger partial charge in [-0.25, -0.2) is 0 Å². The zero-order valence-electron chi connectivity index (χ0n) is 12.3. The molecule has 0 aliphatic rings. The van der Waals surface area contributed by atoms with E-state index >= 15 is 0 Å².